The van der Waals surface area contributed by atoms with Gasteiger partial charge in [-0.25, -0.2) is 0 Å². The van der Waals surface area contributed by atoms with Gasteiger partial charge in [-0.05, 0) is 30.9 Å². The predicted molar refractivity (Wildman–Crippen MR) is 55.9 cm³/mol. The fraction of sp³-hybridized carbons (Fsp3) is 0.500. The molecule has 76 valence electrons. The molecule has 1 aliphatic rings. The normalized spacial score (nSPS) is 21.1. The van der Waals surface area contributed by atoms with Crippen LogP contribution in [0.5, 0.6) is 0 Å². The van der Waals surface area contributed by atoms with Crippen molar-refractivity contribution in [1.82, 2.24) is 0 Å². The first-order valence-electron chi connectivity index (χ1n) is 4.85. The van der Waals surface area contributed by atoms with Gasteiger partial charge in [-0.2, -0.15) is 0 Å². The van der Waals surface area contributed by atoms with Gasteiger partial charge in [0.2, 0.25) is 0 Å². The summed E-state index contributed by atoms with van der Waals surface area (Å²) in [4.78, 5) is 22.9. The Hall–Kier alpha value is -1.18. The number of rotatable bonds is 2. The smallest absolute Gasteiger partial charge is 0.181 e. The molecule has 0 saturated carbocycles. The van der Waals surface area contributed by atoms with Crippen LogP contribution in [0.15, 0.2) is 23.8 Å². The molecule has 0 amide bonds. The average Bonchev–Trinajstić information content (AvgIpc) is 2.00. The van der Waals surface area contributed by atoms with Crippen molar-refractivity contribution in [2.45, 2.75) is 33.6 Å². The number of hydrogen-bond acceptors (Lipinski definition) is 2. The van der Waals surface area contributed by atoms with E-state index in [9.17, 15) is 9.59 Å². The Kier molecular flexibility index (Phi) is 3.04. The van der Waals surface area contributed by atoms with Crippen LogP contribution in [0.4, 0.5) is 0 Å². The Labute approximate surface area is 84.7 Å². The zero-order valence-corrected chi connectivity index (χ0v) is 8.96. The third kappa shape index (κ3) is 2.66. The molecule has 0 saturated heterocycles. The number of carbonyl (C=O) groups excluding carboxylic acids is 2. The van der Waals surface area contributed by atoms with E-state index in [4.69, 9.17) is 0 Å². The largest absolute Gasteiger partial charge is 0.295 e. The third-order valence-electron chi connectivity index (χ3n) is 2.29. The molecular weight excluding hydrogens is 176 g/mol. The summed E-state index contributed by atoms with van der Waals surface area (Å²) in [6, 6.07) is 0. The first-order chi connectivity index (χ1) is 6.44. The van der Waals surface area contributed by atoms with Crippen molar-refractivity contribution in [3.63, 3.8) is 0 Å². The standard InChI is InChI=1S/C12H16O2/c1-4-5-11(14)9-6-10(13)8-12(2,3)7-9/h4-6H,7-8H2,1-3H3/b5-4+. The number of allylic oxidation sites excluding steroid dienone is 4. The summed E-state index contributed by atoms with van der Waals surface area (Å²) in [5, 5.41) is 0. The number of hydrogen-bond donors (Lipinski definition) is 0. The van der Waals surface area contributed by atoms with Gasteiger partial charge < -0.3 is 0 Å². The van der Waals surface area contributed by atoms with Crippen LogP contribution in [0.1, 0.15) is 33.6 Å². The maximum atomic E-state index is 11.5. The predicted octanol–water partition coefficient (Wildman–Crippen LogP) is 2.45. The van der Waals surface area contributed by atoms with Gasteiger partial charge in [-0.15, -0.1) is 0 Å². The Morgan fingerprint density at radius 1 is 1.43 bits per heavy atom. The van der Waals surface area contributed by atoms with Crippen LogP contribution < -0.4 is 0 Å². The summed E-state index contributed by atoms with van der Waals surface area (Å²) in [6.45, 7) is 5.83. The highest BCUT2D eigenvalue weighted by molar-refractivity contribution is 6.09. The average molecular weight is 192 g/mol. The van der Waals surface area contributed by atoms with E-state index in [0.717, 1.165) is 0 Å². The fourth-order valence-corrected chi connectivity index (χ4v) is 1.76. The molecule has 0 aromatic rings. The van der Waals surface area contributed by atoms with E-state index in [1.54, 1.807) is 13.0 Å². The molecule has 0 aromatic heterocycles. The van der Waals surface area contributed by atoms with Crippen molar-refractivity contribution in [2.75, 3.05) is 0 Å². The van der Waals surface area contributed by atoms with Crippen molar-refractivity contribution in [3.8, 4) is 0 Å². The van der Waals surface area contributed by atoms with Gasteiger partial charge in [-0.3, -0.25) is 9.59 Å². The van der Waals surface area contributed by atoms with E-state index in [0.29, 0.717) is 18.4 Å². The molecule has 0 unspecified atom stereocenters. The van der Waals surface area contributed by atoms with Crippen molar-refractivity contribution >= 4 is 11.6 Å². The molecule has 14 heavy (non-hydrogen) atoms. The summed E-state index contributed by atoms with van der Waals surface area (Å²) < 4.78 is 0. The van der Waals surface area contributed by atoms with Crippen LogP contribution in [0, 0.1) is 5.41 Å². The Morgan fingerprint density at radius 3 is 2.57 bits per heavy atom. The summed E-state index contributed by atoms with van der Waals surface area (Å²) in [5.74, 6) is 0.0303. The first kappa shape index (κ1) is 10.9. The first-order valence-corrected chi connectivity index (χ1v) is 4.85. The highest BCUT2D eigenvalue weighted by Crippen LogP contribution is 2.33. The van der Waals surface area contributed by atoms with Gasteiger partial charge in [0.25, 0.3) is 0 Å². The molecule has 2 heteroatoms. The minimum atomic E-state index is -0.0710. The van der Waals surface area contributed by atoms with Crippen LogP contribution in [-0.2, 0) is 9.59 Å². The summed E-state index contributed by atoms with van der Waals surface area (Å²) in [6.07, 6.45) is 5.95. The third-order valence-corrected chi connectivity index (χ3v) is 2.29. The highest BCUT2D eigenvalue weighted by atomic mass is 16.1. The molecule has 1 aliphatic carbocycles. The monoisotopic (exact) mass is 192 g/mol. The molecular formula is C12H16O2. The van der Waals surface area contributed by atoms with E-state index < -0.39 is 0 Å². The number of carbonyl (C=O) groups is 2. The van der Waals surface area contributed by atoms with Gasteiger partial charge in [0.05, 0.1) is 0 Å². The lowest BCUT2D eigenvalue weighted by molar-refractivity contribution is -0.118. The summed E-state index contributed by atoms with van der Waals surface area (Å²) >= 11 is 0. The highest BCUT2D eigenvalue weighted by Gasteiger charge is 2.29. The van der Waals surface area contributed by atoms with Gasteiger partial charge in [-0.1, -0.05) is 19.9 Å². The van der Waals surface area contributed by atoms with Crippen LogP contribution in [0.3, 0.4) is 0 Å². The van der Waals surface area contributed by atoms with Gasteiger partial charge in [0.15, 0.2) is 11.6 Å². The van der Waals surface area contributed by atoms with E-state index >= 15 is 0 Å². The maximum absolute atomic E-state index is 11.5. The van der Waals surface area contributed by atoms with Gasteiger partial charge >= 0.3 is 0 Å². The van der Waals surface area contributed by atoms with Crippen molar-refractivity contribution < 1.29 is 9.59 Å². The van der Waals surface area contributed by atoms with E-state index in [1.807, 2.05) is 13.8 Å². The van der Waals surface area contributed by atoms with Crippen molar-refractivity contribution in [3.05, 3.63) is 23.8 Å². The molecule has 0 bridgehead atoms. The van der Waals surface area contributed by atoms with Crippen LogP contribution >= 0.6 is 0 Å². The Balaban J connectivity index is 2.90. The second kappa shape index (κ2) is 3.91. The molecule has 1 rings (SSSR count). The van der Waals surface area contributed by atoms with E-state index in [1.165, 1.54) is 12.2 Å². The molecule has 0 radical (unpaired) electrons. The summed E-state index contributed by atoms with van der Waals surface area (Å²) in [5.41, 5.74) is 0.572. The van der Waals surface area contributed by atoms with Crippen LogP contribution in [0.2, 0.25) is 0 Å². The molecule has 0 aliphatic heterocycles. The Bertz CT molecular complexity index is 319. The molecule has 0 N–H and O–H groups in total. The molecule has 0 spiro atoms. The summed E-state index contributed by atoms with van der Waals surface area (Å²) in [7, 11) is 0. The lowest BCUT2D eigenvalue weighted by Gasteiger charge is -2.27. The van der Waals surface area contributed by atoms with Crippen LogP contribution in [-0.4, -0.2) is 11.6 Å². The second-order valence-electron chi connectivity index (χ2n) is 4.52. The van der Waals surface area contributed by atoms with Gasteiger partial charge in [0.1, 0.15) is 0 Å². The lowest BCUT2D eigenvalue weighted by atomic mass is 9.76. The molecule has 2 nitrogen and oxygen atoms in total. The maximum Gasteiger partial charge on any atom is 0.181 e. The fourth-order valence-electron chi connectivity index (χ4n) is 1.76. The van der Waals surface area contributed by atoms with E-state index in [2.05, 4.69) is 0 Å². The lowest BCUT2D eigenvalue weighted by Crippen LogP contribution is -2.24. The van der Waals surface area contributed by atoms with Crippen LogP contribution in [0.25, 0.3) is 0 Å². The van der Waals surface area contributed by atoms with Crippen molar-refractivity contribution in [2.24, 2.45) is 5.41 Å². The number of ketones is 2. The Morgan fingerprint density at radius 2 is 2.07 bits per heavy atom. The minimum absolute atomic E-state index is 0.0337. The molecule has 0 fully saturated rings. The molecule has 0 aromatic carbocycles. The zero-order valence-electron chi connectivity index (χ0n) is 8.96. The zero-order chi connectivity index (χ0) is 10.8. The quantitative estimate of drug-likeness (QED) is 0.630. The molecule has 0 atom stereocenters. The minimum Gasteiger partial charge on any atom is -0.295 e. The van der Waals surface area contributed by atoms with E-state index in [-0.39, 0.29) is 17.0 Å². The molecule has 0 heterocycles. The van der Waals surface area contributed by atoms with Gasteiger partial charge in [0, 0.05) is 12.0 Å². The SMILES string of the molecule is C/C=C/C(=O)C1=CC(=O)CC(C)(C)C1. The second-order valence-corrected chi connectivity index (χ2v) is 4.52. The topological polar surface area (TPSA) is 34.1 Å². The van der Waals surface area contributed by atoms with Crippen molar-refractivity contribution in [1.29, 1.82) is 0 Å².